The summed E-state index contributed by atoms with van der Waals surface area (Å²) in [6.45, 7) is 8.33. The van der Waals surface area contributed by atoms with E-state index >= 15 is 0 Å². The first-order chi connectivity index (χ1) is 11.2. The molecule has 0 atom stereocenters. The molecule has 0 radical (unpaired) electrons. The highest BCUT2D eigenvalue weighted by atomic mass is 16.5. The van der Waals surface area contributed by atoms with Gasteiger partial charge in [-0.2, -0.15) is 0 Å². The standard InChI is InChI=1S/C19H30N2O2/c1-16-9-7-10-17(2)19(16)23-15-18(22)20-11-8-14-21-12-5-3-4-6-13-21/h7,9-10H,3-6,8,11-15H2,1-2H3,(H,20,22). The Morgan fingerprint density at radius 1 is 1.13 bits per heavy atom. The van der Waals surface area contributed by atoms with Crippen molar-refractivity contribution in [3.05, 3.63) is 29.3 Å². The average Bonchev–Trinajstić information content (AvgIpc) is 2.80. The molecule has 1 saturated heterocycles. The number of benzene rings is 1. The summed E-state index contributed by atoms with van der Waals surface area (Å²) in [6.07, 6.45) is 6.37. The fraction of sp³-hybridized carbons (Fsp3) is 0.632. The first-order valence-corrected chi connectivity index (χ1v) is 8.85. The van der Waals surface area contributed by atoms with Gasteiger partial charge in [-0.25, -0.2) is 0 Å². The van der Waals surface area contributed by atoms with Crippen molar-refractivity contribution >= 4 is 5.91 Å². The first-order valence-electron chi connectivity index (χ1n) is 8.85. The number of hydrogen-bond acceptors (Lipinski definition) is 3. The Balaban J connectivity index is 1.61. The molecule has 0 aliphatic carbocycles. The van der Waals surface area contributed by atoms with E-state index in [0.29, 0.717) is 0 Å². The second-order valence-electron chi connectivity index (χ2n) is 6.47. The molecule has 1 fully saturated rings. The van der Waals surface area contributed by atoms with E-state index in [1.165, 1.54) is 38.8 Å². The van der Waals surface area contributed by atoms with Crippen LogP contribution in [-0.4, -0.2) is 43.6 Å². The molecule has 0 spiro atoms. The van der Waals surface area contributed by atoms with Crippen LogP contribution in [0.1, 0.15) is 43.2 Å². The van der Waals surface area contributed by atoms with Gasteiger partial charge in [0.15, 0.2) is 6.61 Å². The van der Waals surface area contributed by atoms with Crippen LogP contribution in [0, 0.1) is 13.8 Å². The number of likely N-dealkylation sites (tertiary alicyclic amines) is 1. The lowest BCUT2D eigenvalue weighted by molar-refractivity contribution is -0.123. The van der Waals surface area contributed by atoms with Gasteiger partial charge in [0, 0.05) is 6.54 Å². The Kier molecular flexibility index (Phi) is 7.40. The van der Waals surface area contributed by atoms with Crippen molar-refractivity contribution < 1.29 is 9.53 Å². The fourth-order valence-electron chi connectivity index (χ4n) is 3.11. The normalized spacial score (nSPS) is 15.9. The second-order valence-corrected chi connectivity index (χ2v) is 6.47. The monoisotopic (exact) mass is 318 g/mol. The number of hydrogen-bond donors (Lipinski definition) is 1. The molecule has 1 aromatic rings. The Morgan fingerprint density at radius 3 is 2.43 bits per heavy atom. The molecule has 1 aliphatic rings. The highest BCUT2D eigenvalue weighted by molar-refractivity contribution is 5.77. The lowest BCUT2D eigenvalue weighted by Gasteiger charge is -2.19. The van der Waals surface area contributed by atoms with E-state index in [1.807, 2.05) is 32.0 Å². The Labute approximate surface area is 140 Å². The number of carbonyl (C=O) groups excluding carboxylic acids is 1. The molecule has 1 heterocycles. The zero-order valence-corrected chi connectivity index (χ0v) is 14.6. The molecule has 128 valence electrons. The van der Waals surface area contributed by atoms with Crippen LogP contribution in [0.5, 0.6) is 5.75 Å². The van der Waals surface area contributed by atoms with Crippen LogP contribution in [0.25, 0.3) is 0 Å². The summed E-state index contributed by atoms with van der Waals surface area (Å²) in [5.41, 5.74) is 2.14. The minimum absolute atomic E-state index is 0.0384. The number of nitrogens with zero attached hydrogens (tertiary/aromatic N) is 1. The number of ether oxygens (including phenoxy) is 1. The lowest BCUT2D eigenvalue weighted by Crippen LogP contribution is -2.33. The van der Waals surface area contributed by atoms with E-state index in [0.717, 1.165) is 36.4 Å². The largest absolute Gasteiger partial charge is 0.483 e. The predicted molar refractivity (Wildman–Crippen MR) is 93.9 cm³/mol. The van der Waals surface area contributed by atoms with Crippen molar-refractivity contribution in [2.75, 3.05) is 32.8 Å². The number of nitrogens with one attached hydrogen (secondary N) is 1. The van der Waals surface area contributed by atoms with Crippen molar-refractivity contribution in [1.82, 2.24) is 10.2 Å². The third kappa shape index (κ3) is 6.22. The first kappa shape index (κ1) is 17.8. The zero-order chi connectivity index (χ0) is 16.5. The van der Waals surface area contributed by atoms with E-state index in [9.17, 15) is 4.79 Å². The van der Waals surface area contributed by atoms with Crippen molar-refractivity contribution in [2.45, 2.75) is 46.0 Å². The quantitative estimate of drug-likeness (QED) is 0.786. The molecule has 4 heteroatoms. The Bertz CT molecular complexity index is 474. The molecular weight excluding hydrogens is 288 g/mol. The summed E-state index contributed by atoms with van der Waals surface area (Å²) in [7, 11) is 0. The molecule has 0 aromatic heterocycles. The molecule has 4 nitrogen and oxygen atoms in total. The van der Waals surface area contributed by atoms with Crippen LogP contribution in [0.4, 0.5) is 0 Å². The summed E-state index contributed by atoms with van der Waals surface area (Å²) in [6, 6.07) is 6.00. The van der Waals surface area contributed by atoms with Gasteiger partial charge in [0.05, 0.1) is 0 Å². The number of rotatable bonds is 7. The maximum Gasteiger partial charge on any atom is 0.257 e. The van der Waals surface area contributed by atoms with Crippen LogP contribution < -0.4 is 10.1 Å². The molecule has 1 aliphatic heterocycles. The minimum atomic E-state index is -0.0384. The average molecular weight is 318 g/mol. The van der Waals surface area contributed by atoms with Crippen LogP contribution in [0.3, 0.4) is 0 Å². The highest BCUT2D eigenvalue weighted by Gasteiger charge is 2.09. The second kappa shape index (κ2) is 9.56. The summed E-state index contributed by atoms with van der Waals surface area (Å²) in [5, 5.41) is 2.96. The van der Waals surface area contributed by atoms with Gasteiger partial charge in [-0.3, -0.25) is 4.79 Å². The van der Waals surface area contributed by atoms with Gasteiger partial charge < -0.3 is 15.0 Å². The molecule has 2 rings (SSSR count). The number of para-hydroxylation sites is 1. The zero-order valence-electron chi connectivity index (χ0n) is 14.6. The van der Waals surface area contributed by atoms with Gasteiger partial charge in [0.25, 0.3) is 5.91 Å². The molecule has 0 unspecified atom stereocenters. The molecule has 23 heavy (non-hydrogen) atoms. The molecular formula is C19H30N2O2. The van der Waals surface area contributed by atoms with E-state index in [4.69, 9.17) is 4.74 Å². The van der Waals surface area contributed by atoms with E-state index in [2.05, 4.69) is 10.2 Å². The van der Waals surface area contributed by atoms with Gasteiger partial charge in [0.2, 0.25) is 0 Å². The van der Waals surface area contributed by atoms with Gasteiger partial charge in [-0.05, 0) is 63.9 Å². The maximum absolute atomic E-state index is 11.9. The predicted octanol–water partition coefficient (Wildman–Crippen LogP) is 3.06. The van der Waals surface area contributed by atoms with Crippen LogP contribution in [0.2, 0.25) is 0 Å². The lowest BCUT2D eigenvalue weighted by atomic mass is 10.1. The van der Waals surface area contributed by atoms with Crippen LogP contribution in [0.15, 0.2) is 18.2 Å². The Hall–Kier alpha value is -1.55. The van der Waals surface area contributed by atoms with Crippen LogP contribution >= 0.6 is 0 Å². The van der Waals surface area contributed by atoms with E-state index in [1.54, 1.807) is 0 Å². The number of amides is 1. The molecule has 1 amide bonds. The SMILES string of the molecule is Cc1cccc(C)c1OCC(=O)NCCCN1CCCCCC1. The smallest absolute Gasteiger partial charge is 0.257 e. The topological polar surface area (TPSA) is 41.6 Å². The van der Waals surface area contributed by atoms with Crippen molar-refractivity contribution in [2.24, 2.45) is 0 Å². The third-order valence-corrected chi connectivity index (χ3v) is 4.43. The van der Waals surface area contributed by atoms with E-state index in [-0.39, 0.29) is 12.5 Å². The minimum Gasteiger partial charge on any atom is -0.483 e. The third-order valence-electron chi connectivity index (χ3n) is 4.43. The molecule has 1 aromatic carbocycles. The van der Waals surface area contributed by atoms with Crippen LogP contribution in [-0.2, 0) is 4.79 Å². The summed E-state index contributed by atoms with van der Waals surface area (Å²) in [5.74, 6) is 0.788. The molecule has 0 saturated carbocycles. The Morgan fingerprint density at radius 2 is 1.78 bits per heavy atom. The molecule has 0 bridgehead atoms. The van der Waals surface area contributed by atoms with Gasteiger partial charge in [0.1, 0.15) is 5.75 Å². The maximum atomic E-state index is 11.9. The van der Waals surface area contributed by atoms with Gasteiger partial charge in [-0.1, -0.05) is 31.0 Å². The van der Waals surface area contributed by atoms with Gasteiger partial charge in [-0.15, -0.1) is 0 Å². The van der Waals surface area contributed by atoms with Crippen molar-refractivity contribution in [3.63, 3.8) is 0 Å². The number of carbonyl (C=O) groups is 1. The summed E-state index contributed by atoms with van der Waals surface area (Å²) in [4.78, 5) is 14.4. The molecule has 1 N–H and O–H groups in total. The van der Waals surface area contributed by atoms with Crippen molar-refractivity contribution in [1.29, 1.82) is 0 Å². The highest BCUT2D eigenvalue weighted by Crippen LogP contribution is 2.21. The fourth-order valence-corrected chi connectivity index (χ4v) is 3.11. The number of aryl methyl sites for hydroxylation is 2. The van der Waals surface area contributed by atoms with Crippen molar-refractivity contribution in [3.8, 4) is 5.75 Å². The van der Waals surface area contributed by atoms with E-state index < -0.39 is 0 Å². The summed E-state index contributed by atoms with van der Waals surface area (Å²) >= 11 is 0. The summed E-state index contributed by atoms with van der Waals surface area (Å²) < 4.78 is 5.67. The van der Waals surface area contributed by atoms with Gasteiger partial charge >= 0.3 is 0 Å².